The molecule has 2 heteroatoms. The molecular weight excluding hydrogens is 177 g/mol. The van der Waals surface area contributed by atoms with E-state index in [2.05, 4.69) is 39.5 Å². The van der Waals surface area contributed by atoms with Crippen molar-refractivity contribution in [1.82, 2.24) is 4.90 Å². The van der Waals surface area contributed by atoms with Crippen molar-refractivity contribution in [3.05, 3.63) is 0 Å². The Kier molecular flexibility index (Phi) is 3.57. The van der Waals surface area contributed by atoms with Crippen molar-refractivity contribution in [1.29, 1.82) is 0 Å². The standard InChI is InChI=1S/C12H24FN/c1-9(2)10-6-7-14(8-11(10)13)12(3,4)5/h9-11H,6-8H2,1-5H3/t10-,11-/m1/s1. The van der Waals surface area contributed by atoms with Gasteiger partial charge in [-0.2, -0.15) is 0 Å². The Balaban J connectivity index is 2.55. The minimum absolute atomic E-state index is 0.117. The molecule has 0 aliphatic carbocycles. The van der Waals surface area contributed by atoms with E-state index in [0.29, 0.717) is 12.5 Å². The first-order valence-corrected chi connectivity index (χ1v) is 5.71. The maximum absolute atomic E-state index is 13.8. The fourth-order valence-corrected chi connectivity index (χ4v) is 2.28. The minimum Gasteiger partial charge on any atom is -0.296 e. The lowest BCUT2D eigenvalue weighted by Gasteiger charge is -2.43. The Labute approximate surface area is 87.7 Å². The van der Waals surface area contributed by atoms with Gasteiger partial charge >= 0.3 is 0 Å². The Hall–Kier alpha value is -0.110. The highest BCUT2D eigenvalue weighted by Gasteiger charge is 2.35. The molecule has 1 nitrogen and oxygen atoms in total. The van der Waals surface area contributed by atoms with Gasteiger partial charge in [-0.05, 0) is 45.6 Å². The maximum Gasteiger partial charge on any atom is 0.116 e. The van der Waals surface area contributed by atoms with E-state index < -0.39 is 6.17 Å². The van der Waals surface area contributed by atoms with Crippen molar-refractivity contribution >= 4 is 0 Å². The molecule has 0 aromatic heterocycles. The first kappa shape index (κ1) is 12.0. The molecule has 14 heavy (non-hydrogen) atoms. The summed E-state index contributed by atoms with van der Waals surface area (Å²) in [6.45, 7) is 12.4. The van der Waals surface area contributed by atoms with E-state index in [1.54, 1.807) is 0 Å². The van der Waals surface area contributed by atoms with Crippen molar-refractivity contribution in [2.24, 2.45) is 11.8 Å². The molecule has 0 unspecified atom stereocenters. The van der Waals surface area contributed by atoms with Gasteiger partial charge in [0.2, 0.25) is 0 Å². The molecule has 1 aliphatic rings. The van der Waals surface area contributed by atoms with E-state index >= 15 is 0 Å². The first-order chi connectivity index (χ1) is 6.32. The molecule has 0 N–H and O–H groups in total. The van der Waals surface area contributed by atoms with Crippen LogP contribution in [0.5, 0.6) is 0 Å². The number of alkyl halides is 1. The van der Waals surface area contributed by atoms with E-state index in [9.17, 15) is 4.39 Å². The highest BCUT2D eigenvalue weighted by atomic mass is 19.1. The van der Waals surface area contributed by atoms with Gasteiger partial charge < -0.3 is 0 Å². The van der Waals surface area contributed by atoms with Crippen LogP contribution in [-0.4, -0.2) is 29.7 Å². The summed E-state index contributed by atoms with van der Waals surface area (Å²) in [7, 11) is 0. The van der Waals surface area contributed by atoms with Crippen LogP contribution in [0.3, 0.4) is 0 Å². The number of halogens is 1. The fourth-order valence-electron chi connectivity index (χ4n) is 2.28. The van der Waals surface area contributed by atoms with E-state index in [1.165, 1.54) is 0 Å². The average Bonchev–Trinajstić information content (AvgIpc) is 2.01. The Morgan fingerprint density at radius 2 is 1.86 bits per heavy atom. The predicted octanol–water partition coefficient (Wildman–Crippen LogP) is 3.10. The van der Waals surface area contributed by atoms with Crippen molar-refractivity contribution in [2.75, 3.05) is 13.1 Å². The van der Waals surface area contributed by atoms with Crippen LogP contribution in [0, 0.1) is 11.8 Å². The summed E-state index contributed by atoms with van der Waals surface area (Å²) in [5.74, 6) is 0.751. The van der Waals surface area contributed by atoms with E-state index in [-0.39, 0.29) is 11.5 Å². The summed E-state index contributed by atoms with van der Waals surface area (Å²) in [5, 5.41) is 0. The van der Waals surface area contributed by atoms with Crippen LogP contribution in [0.1, 0.15) is 41.0 Å². The summed E-state index contributed by atoms with van der Waals surface area (Å²) in [4.78, 5) is 2.26. The maximum atomic E-state index is 13.8. The van der Waals surface area contributed by atoms with Crippen molar-refractivity contribution < 1.29 is 4.39 Å². The van der Waals surface area contributed by atoms with Crippen molar-refractivity contribution in [3.63, 3.8) is 0 Å². The number of nitrogens with zero attached hydrogens (tertiary/aromatic N) is 1. The first-order valence-electron chi connectivity index (χ1n) is 5.71. The zero-order valence-electron chi connectivity index (χ0n) is 10.2. The van der Waals surface area contributed by atoms with Crippen molar-refractivity contribution in [2.45, 2.75) is 52.8 Å². The SMILES string of the molecule is CC(C)[C@H]1CCN(C(C)(C)C)C[C@H]1F. The highest BCUT2D eigenvalue weighted by Crippen LogP contribution is 2.30. The zero-order chi connectivity index (χ0) is 10.9. The second-order valence-corrected chi connectivity index (χ2v) is 5.83. The summed E-state index contributed by atoms with van der Waals surface area (Å²) < 4.78 is 13.8. The van der Waals surface area contributed by atoms with Crippen LogP contribution in [0.25, 0.3) is 0 Å². The van der Waals surface area contributed by atoms with Crippen LogP contribution >= 0.6 is 0 Å². The molecule has 1 rings (SSSR count). The lowest BCUT2D eigenvalue weighted by atomic mass is 9.84. The number of hydrogen-bond donors (Lipinski definition) is 0. The van der Waals surface area contributed by atoms with Crippen LogP contribution in [0.2, 0.25) is 0 Å². The molecular formula is C12H24FN. The molecule has 0 saturated carbocycles. The Morgan fingerprint density at radius 3 is 2.21 bits per heavy atom. The van der Waals surface area contributed by atoms with Gasteiger partial charge in [-0.3, -0.25) is 4.90 Å². The molecule has 0 radical (unpaired) electrons. The van der Waals surface area contributed by atoms with E-state index in [1.807, 2.05) is 0 Å². The third-order valence-corrected chi connectivity index (χ3v) is 3.40. The number of likely N-dealkylation sites (tertiary alicyclic amines) is 1. The normalized spacial score (nSPS) is 31.1. The third-order valence-electron chi connectivity index (χ3n) is 3.40. The largest absolute Gasteiger partial charge is 0.296 e. The van der Waals surface area contributed by atoms with E-state index in [0.717, 1.165) is 13.0 Å². The molecule has 0 aromatic carbocycles. The van der Waals surface area contributed by atoms with Gasteiger partial charge in [0.05, 0.1) is 0 Å². The fraction of sp³-hybridized carbons (Fsp3) is 1.00. The number of piperidine rings is 1. The Bertz CT molecular complexity index is 183. The van der Waals surface area contributed by atoms with Gasteiger partial charge in [0.15, 0.2) is 0 Å². The topological polar surface area (TPSA) is 3.24 Å². The molecule has 0 spiro atoms. The summed E-state index contributed by atoms with van der Waals surface area (Å²) in [6.07, 6.45) is 0.374. The summed E-state index contributed by atoms with van der Waals surface area (Å²) in [5.41, 5.74) is 0.117. The lowest BCUT2D eigenvalue weighted by Crippen LogP contribution is -2.51. The number of rotatable bonds is 1. The van der Waals surface area contributed by atoms with Gasteiger partial charge in [0.1, 0.15) is 6.17 Å². The monoisotopic (exact) mass is 201 g/mol. The van der Waals surface area contributed by atoms with Gasteiger partial charge in [0.25, 0.3) is 0 Å². The molecule has 1 fully saturated rings. The second-order valence-electron chi connectivity index (χ2n) is 5.83. The second kappa shape index (κ2) is 4.18. The molecule has 1 saturated heterocycles. The van der Waals surface area contributed by atoms with Crippen LogP contribution in [0.4, 0.5) is 4.39 Å². The molecule has 0 bridgehead atoms. The van der Waals surface area contributed by atoms with E-state index in [4.69, 9.17) is 0 Å². The highest BCUT2D eigenvalue weighted by molar-refractivity contribution is 4.87. The third kappa shape index (κ3) is 2.69. The van der Waals surface area contributed by atoms with Gasteiger partial charge in [-0.25, -0.2) is 4.39 Å². The number of hydrogen-bond acceptors (Lipinski definition) is 1. The quantitative estimate of drug-likeness (QED) is 0.630. The van der Waals surface area contributed by atoms with Gasteiger partial charge in [0, 0.05) is 12.1 Å². The average molecular weight is 201 g/mol. The molecule has 0 amide bonds. The van der Waals surface area contributed by atoms with Crippen LogP contribution in [-0.2, 0) is 0 Å². The molecule has 2 atom stereocenters. The lowest BCUT2D eigenvalue weighted by molar-refractivity contribution is 0.0133. The molecule has 84 valence electrons. The molecule has 1 aliphatic heterocycles. The molecule has 1 heterocycles. The summed E-state index contributed by atoms with van der Waals surface area (Å²) >= 11 is 0. The van der Waals surface area contributed by atoms with Gasteiger partial charge in [-0.15, -0.1) is 0 Å². The smallest absolute Gasteiger partial charge is 0.116 e. The predicted molar refractivity (Wildman–Crippen MR) is 59.2 cm³/mol. The van der Waals surface area contributed by atoms with Crippen LogP contribution in [0.15, 0.2) is 0 Å². The van der Waals surface area contributed by atoms with Crippen molar-refractivity contribution in [3.8, 4) is 0 Å². The van der Waals surface area contributed by atoms with Crippen LogP contribution < -0.4 is 0 Å². The minimum atomic E-state index is -0.636. The summed E-state index contributed by atoms with van der Waals surface area (Å²) in [6, 6.07) is 0. The van der Waals surface area contributed by atoms with Gasteiger partial charge in [-0.1, -0.05) is 13.8 Å². The Morgan fingerprint density at radius 1 is 1.29 bits per heavy atom. The zero-order valence-corrected chi connectivity index (χ0v) is 10.2. The molecule has 0 aromatic rings.